The SMILES string of the molecule is CCCNC1C(CN(C)CCC(C)O)CCCC1(C)C. The second kappa shape index (κ2) is 8.35. The summed E-state index contributed by atoms with van der Waals surface area (Å²) in [6.45, 7) is 12.2. The van der Waals surface area contributed by atoms with E-state index in [9.17, 15) is 5.11 Å². The molecular weight excluding hydrogens is 248 g/mol. The van der Waals surface area contributed by atoms with Crippen molar-refractivity contribution >= 4 is 0 Å². The van der Waals surface area contributed by atoms with Gasteiger partial charge >= 0.3 is 0 Å². The molecule has 0 aromatic heterocycles. The van der Waals surface area contributed by atoms with Gasteiger partial charge in [0.05, 0.1) is 6.10 Å². The first-order valence-corrected chi connectivity index (χ1v) is 8.46. The van der Waals surface area contributed by atoms with Gasteiger partial charge in [-0.1, -0.05) is 27.2 Å². The first kappa shape index (κ1) is 17.9. The van der Waals surface area contributed by atoms with E-state index in [0.29, 0.717) is 11.5 Å². The third-order valence-electron chi connectivity index (χ3n) is 4.80. The fourth-order valence-electron chi connectivity index (χ4n) is 3.62. The summed E-state index contributed by atoms with van der Waals surface area (Å²) < 4.78 is 0. The van der Waals surface area contributed by atoms with E-state index in [0.717, 1.165) is 32.0 Å². The second-order valence-electron chi connectivity index (χ2n) is 7.47. The molecule has 0 radical (unpaired) electrons. The summed E-state index contributed by atoms with van der Waals surface area (Å²) in [4.78, 5) is 2.40. The van der Waals surface area contributed by atoms with E-state index in [-0.39, 0.29) is 6.10 Å². The van der Waals surface area contributed by atoms with E-state index in [1.807, 2.05) is 6.92 Å². The topological polar surface area (TPSA) is 35.5 Å². The number of nitrogens with one attached hydrogen (secondary N) is 1. The highest BCUT2D eigenvalue weighted by Gasteiger charge is 2.38. The number of hydrogen-bond donors (Lipinski definition) is 2. The van der Waals surface area contributed by atoms with Crippen molar-refractivity contribution < 1.29 is 5.11 Å². The molecule has 0 aromatic rings. The molecule has 3 nitrogen and oxygen atoms in total. The van der Waals surface area contributed by atoms with Crippen LogP contribution in [0.3, 0.4) is 0 Å². The lowest BCUT2D eigenvalue weighted by Gasteiger charge is -2.46. The van der Waals surface area contributed by atoms with Crippen LogP contribution in [0.1, 0.15) is 59.8 Å². The Morgan fingerprint density at radius 2 is 2.10 bits per heavy atom. The van der Waals surface area contributed by atoms with Crippen LogP contribution >= 0.6 is 0 Å². The minimum Gasteiger partial charge on any atom is -0.393 e. The zero-order valence-corrected chi connectivity index (χ0v) is 14.3. The highest BCUT2D eigenvalue weighted by atomic mass is 16.3. The molecule has 1 aliphatic rings. The summed E-state index contributed by atoms with van der Waals surface area (Å²) in [5.74, 6) is 0.740. The third kappa shape index (κ3) is 5.71. The average molecular weight is 284 g/mol. The van der Waals surface area contributed by atoms with Crippen molar-refractivity contribution in [3.05, 3.63) is 0 Å². The summed E-state index contributed by atoms with van der Waals surface area (Å²) in [5.41, 5.74) is 0.406. The molecule has 0 heterocycles. The molecule has 0 saturated heterocycles. The fraction of sp³-hybridized carbons (Fsp3) is 1.00. The molecule has 3 unspecified atom stereocenters. The molecule has 0 aromatic carbocycles. The van der Waals surface area contributed by atoms with Crippen LogP contribution in [-0.4, -0.2) is 48.8 Å². The molecule has 3 heteroatoms. The van der Waals surface area contributed by atoms with Gasteiger partial charge in [0, 0.05) is 19.1 Å². The zero-order valence-electron chi connectivity index (χ0n) is 14.3. The van der Waals surface area contributed by atoms with Crippen LogP contribution < -0.4 is 5.32 Å². The van der Waals surface area contributed by atoms with Crippen molar-refractivity contribution in [1.29, 1.82) is 0 Å². The maximum Gasteiger partial charge on any atom is 0.0524 e. The molecule has 1 aliphatic carbocycles. The van der Waals surface area contributed by atoms with Gasteiger partial charge in [0.25, 0.3) is 0 Å². The molecule has 1 saturated carbocycles. The molecule has 3 atom stereocenters. The van der Waals surface area contributed by atoms with Crippen molar-refractivity contribution in [2.75, 3.05) is 26.7 Å². The van der Waals surface area contributed by atoms with E-state index in [1.165, 1.54) is 25.7 Å². The summed E-state index contributed by atoms with van der Waals surface area (Å²) in [6.07, 6.45) is 5.92. The quantitative estimate of drug-likeness (QED) is 0.719. The van der Waals surface area contributed by atoms with E-state index in [4.69, 9.17) is 0 Å². The fourth-order valence-corrected chi connectivity index (χ4v) is 3.62. The Morgan fingerprint density at radius 1 is 1.40 bits per heavy atom. The molecule has 2 N–H and O–H groups in total. The van der Waals surface area contributed by atoms with Crippen LogP contribution in [0.25, 0.3) is 0 Å². The molecule has 20 heavy (non-hydrogen) atoms. The summed E-state index contributed by atoms with van der Waals surface area (Å²) in [7, 11) is 2.20. The lowest BCUT2D eigenvalue weighted by molar-refractivity contribution is 0.0803. The van der Waals surface area contributed by atoms with Crippen molar-refractivity contribution in [2.45, 2.75) is 71.9 Å². The summed E-state index contributed by atoms with van der Waals surface area (Å²) >= 11 is 0. The van der Waals surface area contributed by atoms with Gasteiger partial charge in [-0.2, -0.15) is 0 Å². The minimum atomic E-state index is -0.186. The van der Waals surface area contributed by atoms with Gasteiger partial charge in [-0.25, -0.2) is 0 Å². The van der Waals surface area contributed by atoms with Crippen molar-refractivity contribution in [3.63, 3.8) is 0 Å². The number of nitrogens with zero attached hydrogens (tertiary/aromatic N) is 1. The van der Waals surface area contributed by atoms with E-state index in [1.54, 1.807) is 0 Å². The van der Waals surface area contributed by atoms with Gasteiger partial charge in [0.15, 0.2) is 0 Å². The van der Waals surface area contributed by atoms with Crippen LogP contribution in [0.15, 0.2) is 0 Å². The van der Waals surface area contributed by atoms with Crippen LogP contribution in [0.5, 0.6) is 0 Å². The highest BCUT2D eigenvalue weighted by molar-refractivity contribution is 4.94. The van der Waals surface area contributed by atoms with E-state index >= 15 is 0 Å². The van der Waals surface area contributed by atoms with Crippen LogP contribution in [0.2, 0.25) is 0 Å². The van der Waals surface area contributed by atoms with Gasteiger partial charge in [-0.15, -0.1) is 0 Å². The van der Waals surface area contributed by atoms with Gasteiger partial charge in [-0.3, -0.25) is 0 Å². The zero-order chi connectivity index (χ0) is 15.2. The Kier molecular flexibility index (Phi) is 7.49. The second-order valence-corrected chi connectivity index (χ2v) is 7.47. The Bertz CT molecular complexity index is 266. The number of aliphatic hydroxyl groups excluding tert-OH is 1. The predicted molar refractivity (Wildman–Crippen MR) is 87.0 cm³/mol. The highest BCUT2D eigenvalue weighted by Crippen LogP contribution is 2.39. The molecular formula is C17H36N2O. The largest absolute Gasteiger partial charge is 0.393 e. The van der Waals surface area contributed by atoms with Gasteiger partial charge in [-0.05, 0) is 57.5 Å². The molecule has 0 aliphatic heterocycles. The molecule has 0 amide bonds. The van der Waals surface area contributed by atoms with Gasteiger partial charge in [0.2, 0.25) is 0 Å². The number of aliphatic hydroxyl groups is 1. The monoisotopic (exact) mass is 284 g/mol. The van der Waals surface area contributed by atoms with E-state index in [2.05, 4.69) is 38.0 Å². The van der Waals surface area contributed by atoms with Crippen LogP contribution in [0.4, 0.5) is 0 Å². The predicted octanol–water partition coefficient (Wildman–Crippen LogP) is 2.88. The number of rotatable bonds is 8. The van der Waals surface area contributed by atoms with Crippen molar-refractivity contribution in [3.8, 4) is 0 Å². The molecule has 0 bridgehead atoms. The molecule has 120 valence electrons. The van der Waals surface area contributed by atoms with Gasteiger partial charge in [0.1, 0.15) is 0 Å². The van der Waals surface area contributed by atoms with Crippen LogP contribution in [0, 0.1) is 11.3 Å². The lowest BCUT2D eigenvalue weighted by Crippen LogP contribution is -2.52. The Labute approximate surface area is 126 Å². The first-order chi connectivity index (χ1) is 9.36. The maximum atomic E-state index is 9.42. The lowest BCUT2D eigenvalue weighted by atomic mass is 9.67. The standard InChI is InChI=1S/C17H36N2O/c1-6-11-18-16-15(8-7-10-17(16,3)4)13-19(5)12-9-14(2)20/h14-16,18,20H,6-13H2,1-5H3. The normalized spacial score (nSPS) is 27.8. The molecule has 1 fully saturated rings. The van der Waals surface area contributed by atoms with E-state index < -0.39 is 0 Å². The average Bonchev–Trinajstić information content (AvgIpc) is 2.35. The molecule has 1 rings (SSSR count). The van der Waals surface area contributed by atoms with Crippen LogP contribution in [-0.2, 0) is 0 Å². The smallest absolute Gasteiger partial charge is 0.0524 e. The molecule has 0 spiro atoms. The first-order valence-electron chi connectivity index (χ1n) is 8.46. The summed E-state index contributed by atoms with van der Waals surface area (Å²) in [6, 6.07) is 0.630. The minimum absolute atomic E-state index is 0.186. The Morgan fingerprint density at radius 3 is 2.70 bits per heavy atom. The number of hydrogen-bond acceptors (Lipinski definition) is 3. The van der Waals surface area contributed by atoms with Gasteiger partial charge < -0.3 is 15.3 Å². The Balaban J connectivity index is 2.55. The third-order valence-corrected chi connectivity index (χ3v) is 4.80. The van der Waals surface area contributed by atoms with Crippen molar-refractivity contribution in [2.24, 2.45) is 11.3 Å². The maximum absolute atomic E-state index is 9.42. The Hall–Kier alpha value is -0.120. The summed E-state index contributed by atoms with van der Waals surface area (Å²) in [5, 5.41) is 13.2. The van der Waals surface area contributed by atoms with Crippen molar-refractivity contribution in [1.82, 2.24) is 10.2 Å².